The number of nitrogens with zero attached hydrogens (tertiary/aromatic N) is 4. The van der Waals surface area contributed by atoms with Gasteiger partial charge in [-0.25, -0.2) is 9.97 Å². The van der Waals surface area contributed by atoms with Crippen LogP contribution in [0.25, 0.3) is 11.3 Å². The van der Waals surface area contributed by atoms with E-state index >= 15 is 0 Å². The van der Waals surface area contributed by atoms with E-state index in [0.29, 0.717) is 6.04 Å². The normalized spacial score (nSPS) is 19.4. The quantitative estimate of drug-likeness (QED) is 0.877. The van der Waals surface area contributed by atoms with E-state index in [-0.39, 0.29) is 0 Å². The Kier molecular flexibility index (Phi) is 3.37. The number of aromatic nitrogens is 3. The first kappa shape index (κ1) is 12.0. The summed E-state index contributed by atoms with van der Waals surface area (Å²) in [4.78, 5) is 15.4. The second-order valence-corrected chi connectivity index (χ2v) is 4.79. The van der Waals surface area contributed by atoms with Crippen LogP contribution >= 0.6 is 0 Å². The van der Waals surface area contributed by atoms with Gasteiger partial charge in [-0.05, 0) is 19.1 Å². The molecule has 1 N–H and O–H groups in total. The summed E-state index contributed by atoms with van der Waals surface area (Å²) in [5.41, 5.74) is 1.86. The minimum Gasteiger partial charge on any atom is -0.338 e. The van der Waals surface area contributed by atoms with Gasteiger partial charge in [0.2, 0.25) is 5.95 Å². The summed E-state index contributed by atoms with van der Waals surface area (Å²) in [5, 5.41) is 3.41. The second kappa shape index (κ2) is 5.32. The molecule has 3 rings (SSSR count). The predicted molar refractivity (Wildman–Crippen MR) is 74.9 cm³/mol. The van der Waals surface area contributed by atoms with Crippen LogP contribution in [0.2, 0.25) is 0 Å². The van der Waals surface area contributed by atoms with Crippen LogP contribution in [-0.2, 0) is 0 Å². The number of piperazine rings is 1. The van der Waals surface area contributed by atoms with Gasteiger partial charge in [0, 0.05) is 49.8 Å². The third-order valence-electron chi connectivity index (χ3n) is 3.25. The predicted octanol–water partition coefficient (Wildman–Crippen LogP) is 1.34. The van der Waals surface area contributed by atoms with Crippen LogP contribution in [0.1, 0.15) is 6.92 Å². The average molecular weight is 255 g/mol. The molecule has 0 saturated carbocycles. The van der Waals surface area contributed by atoms with Gasteiger partial charge < -0.3 is 10.2 Å². The van der Waals surface area contributed by atoms with Crippen LogP contribution in [0.3, 0.4) is 0 Å². The summed E-state index contributed by atoms with van der Waals surface area (Å²) in [6.07, 6.45) is 5.47. The third-order valence-corrected chi connectivity index (χ3v) is 3.25. The SMILES string of the molecule is CC1CN(c2ncc(-c3ccccn3)cn2)CCN1. The van der Waals surface area contributed by atoms with Crippen LogP contribution in [0, 0.1) is 0 Å². The van der Waals surface area contributed by atoms with Crippen LogP contribution in [-0.4, -0.2) is 40.6 Å². The van der Waals surface area contributed by atoms with Gasteiger partial charge in [-0.3, -0.25) is 4.98 Å². The summed E-state index contributed by atoms with van der Waals surface area (Å²) in [6.45, 7) is 5.05. The average Bonchev–Trinajstić information content (AvgIpc) is 2.48. The van der Waals surface area contributed by atoms with Crippen LogP contribution in [0.5, 0.6) is 0 Å². The Bertz CT molecular complexity index is 525. The van der Waals surface area contributed by atoms with Crippen molar-refractivity contribution in [1.29, 1.82) is 0 Å². The summed E-state index contributed by atoms with van der Waals surface area (Å²) in [6, 6.07) is 6.31. The topological polar surface area (TPSA) is 53.9 Å². The van der Waals surface area contributed by atoms with E-state index in [4.69, 9.17) is 0 Å². The number of hydrogen-bond acceptors (Lipinski definition) is 5. The molecular formula is C14H17N5. The molecule has 0 radical (unpaired) electrons. The Labute approximate surface area is 112 Å². The van der Waals surface area contributed by atoms with Gasteiger partial charge in [0.05, 0.1) is 5.69 Å². The van der Waals surface area contributed by atoms with E-state index in [1.807, 2.05) is 30.6 Å². The van der Waals surface area contributed by atoms with E-state index in [0.717, 1.165) is 36.8 Å². The van der Waals surface area contributed by atoms with Crippen molar-refractivity contribution >= 4 is 5.95 Å². The fraction of sp³-hybridized carbons (Fsp3) is 0.357. The number of rotatable bonds is 2. The first-order valence-corrected chi connectivity index (χ1v) is 6.55. The smallest absolute Gasteiger partial charge is 0.225 e. The molecule has 1 atom stereocenters. The van der Waals surface area contributed by atoms with Crippen molar-refractivity contribution < 1.29 is 0 Å². The summed E-state index contributed by atoms with van der Waals surface area (Å²) < 4.78 is 0. The Morgan fingerprint density at radius 1 is 1.21 bits per heavy atom. The van der Waals surface area contributed by atoms with E-state index in [2.05, 4.69) is 32.1 Å². The van der Waals surface area contributed by atoms with Crippen LogP contribution in [0.4, 0.5) is 5.95 Å². The maximum absolute atomic E-state index is 4.46. The lowest BCUT2D eigenvalue weighted by atomic mass is 10.2. The zero-order valence-electron chi connectivity index (χ0n) is 11.0. The summed E-state index contributed by atoms with van der Waals surface area (Å²) in [7, 11) is 0. The largest absolute Gasteiger partial charge is 0.338 e. The summed E-state index contributed by atoms with van der Waals surface area (Å²) in [5.74, 6) is 0.799. The third kappa shape index (κ3) is 2.71. The van der Waals surface area contributed by atoms with E-state index in [1.165, 1.54) is 0 Å². The van der Waals surface area contributed by atoms with Gasteiger partial charge in [-0.1, -0.05) is 6.07 Å². The minimum absolute atomic E-state index is 0.479. The van der Waals surface area contributed by atoms with Crippen molar-refractivity contribution in [2.45, 2.75) is 13.0 Å². The molecule has 1 saturated heterocycles. The highest BCUT2D eigenvalue weighted by Gasteiger charge is 2.17. The molecule has 1 fully saturated rings. The molecule has 0 aliphatic carbocycles. The van der Waals surface area contributed by atoms with Gasteiger partial charge in [-0.2, -0.15) is 0 Å². The van der Waals surface area contributed by atoms with Crippen molar-refractivity contribution in [3.8, 4) is 11.3 Å². The molecule has 19 heavy (non-hydrogen) atoms. The molecule has 3 heterocycles. The molecular weight excluding hydrogens is 238 g/mol. The first-order valence-electron chi connectivity index (χ1n) is 6.55. The first-order chi connectivity index (χ1) is 9.33. The van der Waals surface area contributed by atoms with Gasteiger partial charge in [0.25, 0.3) is 0 Å². The lowest BCUT2D eigenvalue weighted by Crippen LogP contribution is -2.49. The number of hydrogen-bond donors (Lipinski definition) is 1. The van der Waals surface area contributed by atoms with Crippen molar-refractivity contribution in [1.82, 2.24) is 20.3 Å². The zero-order valence-corrected chi connectivity index (χ0v) is 11.0. The molecule has 1 unspecified atom stereocenters. The highest BCUT2D eigenvalue weighted by Crippen LogP contribution is 2.16. The second-order valence-electron chi connectivity index (χ2n) is 4.79. The van der Waals surface area contributed by atoms with Crippen LogP contribution in [0.15, 0.2) is 36.8 Å². The van der Waals surface area contributed by atoms with Gasteiger partial charge >= 0.3 is 0 Å². The number of pyridine rings is 1. The van der Waals surface area contributed by atoms with Gasteiger partial charge in [0.1, 0.15) is 0 Å². The molecule has 5 heteroatoms. The van der Waals surface area contributed by atoms with Crippen molar-refractivity contribution in [3.05, 3.63) is 36.8 Å². The fourth-order valence-electron chi connectivity index (χ4n) is 2.26. The maximum Gasteiger partial charge on any atom is 0.225 e. The standard InChI is InChI=1S/C14H17N5/c1-11-10-19(7-6-15-11)14-17-8-12(9-18-14)13-4-2-3-5-16-13/h2-5,8-9,11,15H,6-7,10H2,1H3. The van der Waals surface area contributed by atoms with Crippen molar-refractivity contribution in [2.75, 3.05) is 24.5 Å². The van der Waals surface area contributed by atoms with Crippen LogP contribution < -0.4 is 10.2 Å². The molecule has 2 aromatic heterocycles. The zero-order chi connectivity index (χ0) is 13.1. The molecule has 2 aromatic rings. The fourth-order valence-corrected chi connectivity index (χ4v) is 2.26. The Morgan fingerprint density at radius 3 is 2.74 bits per heavy atom. The maximum atomic E-state index is 4.46. The highest BCUT2D eigenvalue weighted by molar-refractivity contribution is 5.57. The number of anilines is 1. The molecule has 5 nitrogen and oxygen atoms in total. The summed E-state index contributed by atoms with van der Waals surface area (Å²) >= 11 is 0. The molecule has 0 amide bonds. The molecule has 0 bridgehead atoms. The Balaban J connectivity index is 1.79. The van der Waals surface area contributed by atoms with E-state index in [1.54, 1.807) is 6.20 Å². The van der Waals surface area contributed by atoms with Crippen molar-refractivity contribution in [2.24, 2.45) is 0 Å². The highest BCUT2D eigenvalue weighted by atomic mass is 15.3. The molecule has 0 spiro atoms. The van der Waals surface area contributed by atoms with Gasteiger partial charge in [-0.15, -0.1) is 0 Å². The lowest BCUT2D eigenvalue weighted by molar-refractivity contribution is 0.479. The number of nitrogens with one attached hydrogen (secondary N) is 1. The van der Waals surface area contributed by atoms with Gasteiger partial charge in [0.15, 0.2) is 0 Å². The lowest BCUT2D eigenvalue weighted by Gasteiger charge is -2.31. The van der Waals surface area contributed by atoms with E-state index in [9.17, 15) is 0 Å². The molecule has 0 aromatic carbocycles. The Morgan fingerprint density at radius 2 is 2.05 bits per heavy atom. The minimum atomic E-state index is 0.479. The Hall–Kier alpha value is -2.01. The monoisotopic (exact) mass is 255 g/mol. The molecule has 1 aliphatic heterocycles. The van der Waals surface area contributed by atoms with E-state index < -0.39 is 0 Å². The molecule has 1 aliphatic rings. The van der Waals surface area contributed by atoms with Crippen molar-refractivity contribution in [3.63, 3.8) is 0 Å². The molecule has 98 valence electrons.